The first-order valence-corrected chi connectivity index (χ1v) is 2.70. The minimum Gasteiger partial charge on any atom is -0.0809 e. The topological polar surface area (TPSA) is 0 Å². The summed E-state index contributed by atoms with van der Waals surface area (Å²) in [5.74, 6) is 4.38. The van der Waals surface area contributed by atoms with Crippen molar-refractivity contribution in [3.05, 3.63) is 11.9 Å². The van der Waals surface area contributed by atoms with Crippen LogP contribution in [0.3, 0.4) is 0 Å². The van der Waals surface area contributed by atoms with Gasteiger partial charge in [-0.2, -0.15) is 0 Å². The SMILES string of the molecule is C1=CP=CC1. The van der Waals surface area contributed by atoms with Gasteiger partial charge in [-0.25, -0.2) is 0 Å². The lowest BCUT2D eigenvalue weighted by Gasteiger charge is -1.56. The summed E-state index contributed by atoms with van der Waals surface area (Å²) in [4.78, 5) is 0. The number of hydrogen-bond donors (Lipinski definition) is 0. The van der Waals surface area contributed by atoms with Gasteiger partial charge in [0, 0.05) is 0 Å². The summed E-state index contributed by atoms with van der Waals surface area (Å²) in [6, 6.07) is 0. The van der Waals surface area contributed by atoms with E-state index in [0.717, 1.165) is 0 Å². The molecule has 0 N–H and O–H groups in total. The Labute approximate surface area is 33.3 Å². The van der Waals surface area contributed by atoms with E-state index >= 15 is 0 Å². The summed E-state index contributed by atoms with van der Waals surface area (Å²) in [6.45, 7) is 0. The predicted molar refractivity (Wildman–Crippen MR) is 26.7 cm³/mol. The van der Waals surface area contributed by atoms with Gasteiger partial charge in [0.2, 0.25) is 0 Å². The van der Waals surface area contributed by atoms with Crippen LogP contribution in [0.5, 0.6) is 0 Å². The fraction of sp³-hybridized carbons (Fsp3) is 0.250. The molecular formula is C4H5P. The summed E-state index contributed by atoms with van der Waals surface area (Å²) in [6.07, 6.45) is 3.35. The first-order chi connectivity index (χ1) is 2.50. The van der Waals surface area contributed by atoms with Gasteiger partial charge >= 0.3 is 0 Å². The van der Waals surface area contributed by atoms with Gasteiger partial charge < -0.3 is 0 Å². The minimum atomic E-state index is 1.18. The molecule has 5 heavy (non-hydrogen) atoms. The van der Waals surface area contributed by atoms with Gasteiger partial charge in [-0.05, 0) is 12.2 Å². The van der Waals surface area contributed by atoms with E-state index in [4.69, 9.17) is 0 Å². The summed E-state index contributed by atoms with van der Waals surface area (Å²) in [5.41, 5.74) is 0. The van der Waals surface area contributed by atoms with Crippen molar-refractivity contribution in [2.75, 3.05) is 0 Å². The van der Waals surface area contributed by atoms with Crippen molar-refractivity contribution in [1.29, 1.82) is 0 Å². The van der Waals surface area contributed by atoms with Gasteiger partial charge in [-0.3, -0.25) is 0 Å². The molecule has 1 aliphatic rings. The Kier molecular flexibility index (Phi) is 0.855. The smallest absolute Gasteiger partial charge is 0.0116 e. The van der Waals surface area contributed by atoms with Crippen LogP contribution in [0.15, 0.2) is 11.9 Å². The summed E-state index contributed by atoms with van der Waals surface area (Å²) in [7, 11) is 1.39. The van der Waals surface area contributed by atoms with Crippen molar-refractivity contribution in [2.45, 2.75) is 6.42 Å². The largest absolute Gasteiger partial charge is 0.0809 e. The second kappa shape index (κ2) is 1.37. The van der Waals surface area contributed by atoms with E-state index in [2.05, 4.69) is 17.7 Å². The molecule has 0 aromatic carbocycles. The standard InChI is InChI=1S/C4H5P/c1-2-4-5-3-1/h1,3-4H,2H2. The highest BCUT2D eigenvalue weighted by Crippen LogP contribution is 2.04. The summed E-state index contributed by atoms with van der Waals surface area (Å²) >= 11 is 0. The van der Waals surface area contributed by atoms with Crippen LogP contribution < -0.4 is 0 Å². The fourth-order valence-electron chi connectivity index (χ4n) is 0.304. The molecule has 0 nitrogen and oxygen atoms in total. The Morgan fingerprint density at radius 2 is 2.60 bits per heavy atom. The predicted octanol–water partition coefficient (Wildman–Crippen LogP) is 1.65. The Morgan fingerprint density at radius 1 is 1.60 bits per heavy atom. The molecule has 0 unspecified atom stereocenters. The van der Waals surface area contributed by atoms with Crippen molar-refractivity contribution in [3.8, 4) is 0 Å². The highest BCUT2D eigenvalue weighted by Gasteiger charge is 1.73. The first-order valence-electron chi connectivity index (χ1n) is 1.67. The number of rotatable bonds is 0. The lowest BCUT2D eigenvalue weighted by atomic mass is 10.5. The van der Waals surface area contributed by atoms with E-state index in [1.54, 1.807) is 0 Å². The van der Waals surface area contributed by atoms with Crippen molar-refractivity contribution >= 4 is 14.0 Å². The number of hydrogen-bond acceptors (Lipinski definition) is 0. The zero-order valence-electron chi connectivity index (χ0n) is 2.89. The third-order valence-electron chi connectivity index (χ3n) is 0.538. The van der Waals surface area contributed by atoms with Crippen LogP contribution in [0.1, 0.15) is 6.42 Å². The van der Waals surface area contributed by atoms with Gasteiger partial charge in [-0.1, -0.05) is 20.1 Å². The van der Waals surface area contributed by atoms with Crippen LogP contribution in [-0.4, -0.2) is 5.80 Å². The van der Waals surface area contributed by atoms with Gasteiger partial charge in [0.15, 0.2) is 0 Å². The first kappa shape index (κ1) is 3.11. The maximum Gasteiger partial charge on any atom is -0.0116 e. The molecule has 1 aliphatic heterocycles. The van der Waals surface area contributed by atoms with Crippen LogP contribution in [0.4, 0.5) is 0 Å². The lowest BCUT2D eigenvalue weighted by molar-refractivity contribution is 1.60. The molecule has 0 saturated carbocycles. The molecule has 0 atom stereocenters. The van der Waals surface area contributed by atoms with Crippen LogP contribution in [0.25, 0.3) is 0 Å². The molecule has 1 heterocycles. The van der Waals surface area contributed by atoms with E-state index < -0.39 is 0 Å². The normalized spacial score (nSPS) is 20.8. The van der Waals surface area contributed by atoms with Crippen LogP contribution in [-0.2, 0) is 0 Å². The maximum atomic E-state index is 2.22. The van der Waals surface area contributed by atoms with Crippen LogP contribution >= 0.6 is 8.20 Å². The molecule has 0 fully saturated rings. The van der Waals surface area contributed by atoms with E-state index in [-0.39, 0.29) is 0 Å². The number of allylic oxidation sites excluding steroid dienone is 1. The van der Waals surface area contributed by atoms with E-state index in [1.807, 2.05) is 0 Å². The molecule has 1 heteroatoms. The molecule has 1 rings (SSSR count). The highest BCUT2D eigenvalue weighted by molar-refractivity contribution is 7.42. The Balaban J connectivity index is 2.61. The molecule has 26 valence electrons. The zero-order valence-corrected chi connectivity index (χ0v) is 3.78. The molecule has 0 spiro atoms. The Hall–Kier alpha value is -0.0900. The molecule has 0 radical (unpaired) electrons. The Morgan fingerprint density at radius 3 is 2.80 bits per heavy atom. The van der Waals surface area contributed by atoms with Crippen molar-refractivity contribution in [1.82, 2.24) is 0 Å². The minimum absolute atomic E-state index is 1.18. The maximum absolute atomic E-state index is 2.22. The van der Waals surface area contributed by atoms with E-state index in [9.17, 15) is 0 Å². The Bertz CT molecular complexity index is 61.7. The van der Waals surface area contributed by atoms with Crippen molar-refractivity contribution in [2.24, 2.45) is 0 Å². The van der Waals surface area contributed by atoms with Crippen molar-refractivity contribution < 1.29 is 0 Å². The molecule has 0 bridgehead atoms. The zero-order chi connectivity index (χ0) is 3.54. The molecule has 0 amide bonds. The van der Waals surface area contributed by atoms with Crippen molar-refractivity contribution in [3.63, 3.8) is 0 Å². The molecule has 0 aromatic rings. The molecular weight excluding hydrogens is 79.0 g/mol. The average molecular weight is 84.1 g/mol. The molecule has 0 aliphatic carbocycles. The molecule has 0 saturated heterocycles. The monoisotopic (exact) mass is 84.0 g/mol. The molecule has 0 aromatic heterocycles. The quantitative estimate of drug-likeness (QED) is 0.391. The third-order valence-corrected chi connectivity index (χ3v) is 1.34. The fourth-order valence-corrected chi connectivity index (χ4v) is 0.913. The van der Waals surface area contributed by atoms with Crippen LogP contribution in [0, 0.1) is 0 Å². The van der Waals surface area contributed by atoms with Gasteiger partial charge in [0.25, 0.3) is 0 Å². The second-order valence-electron chi connectivity index (χ2n) is 0.952. The summed E-state index contributed by atoms with van der Waals surface area (Å²) in [5, 5.41) is 0. The highest BCUT2D eigenvalue weighted by atomic mass is 31.1. The summed E-state index contributed by atoms with van der Waals surface area (Å²) < 4.78 is 0. The average Bonchev–Trinajstić information content (AvgIpc) is 1.76. The van der Waals surface area contributed by atoms with E-state index in [1.165, 1.54) is 14.6 Å². The third kappa shape index (κ3) is 0.592. The lowest BCUT2D eigenvalue weighted by Crippen LogP contribution is -1.49. The van der Waals surface area contributed by atoms with E-state index in [0.29, 0.717) is 0 Å². The second-order valence-corrected chi connectivity index (χ2v) is 1.91. The van der Waals surface area contributed by atoms with Gasteiger partial charge in [0.05, 0.1) is 0 Å². The van der Waals surface area contributed by atoms with Crippen LogP contribution in [0.2, 0.25) is 0 Å². The van der Waals surface area contributed by atoms with Gasteiger partial charge in [0.1, 0.15) is 0 Å². The van der Waals surface area contributed by atoms with Gasteiger partial charge in [-0.15, -0.1) is 0 Å².